The minimum absolute atomic E-state index is 0.174. The zero-order chi connectivity index (χ0) is 11.0. The first kappa shape index (κ1) is 9.14. The standard InChI is InChI=1S/C13H14N2S/c1-8-2-3-9-10(4-8)16-11(15-9)12-5-13(14,6-12)7-12/h2-4H,5-7,14H2,1H3. The average molecular weight is 230 g/mol. The molecule has 0 spiro atoms. The molecule has 0 unspecified atom stereocenters. The molecule has 2 nitrogen and oxygen atoms in total. The van der Waals surface area contributed by atoms with Gasteiger partial charge in [-0.2, -0.15) is 0 Å². The summed E-state index contributed by atoms with van der Waals surface area (Å²) < 4.78 is 1.32. The van der Waals surface area contributed by atoms with Gasteiger partial charge in [-0.15, -0.1) is 11.3 Å². The molecule has 1 aromatic heterocycles. The van der Waals surface area contributed by atoms with Crippen molar-refractivity contribution < 1.29 is 0 Å². The highest BCUT2D eigenvalue weighted by atomic mass is 32.1. The van der Waals surface area contributed by atoms with Crippen LogP contribution in [0.1, 0.15) is 29.8 Å². The van der Waals surface area contributed by atoms with Crippen molar-refractivity contribution in [2.45, 2.75) is 37.1 Å². The third kappa shape index (κ3) is 0.980. The van der Waals surface area contributed by atoms with E-state index in [0.717, 1.165) is 24.8 Å². The van der Waals surface area contributed by atoms with E-state index in [0.29, 0.717) is 5.41 Å². The zero-order valence-corrected chi connectivity index (χ0v) is 10.1. The highest BCUT2D eigenvalue weighted by Crippen LogP contribution is 2.67. The second kappa shape index (κ2) is 2.49. The van der Waals surface area contributed by atoms with Crippen LogP contribution >= 0.6 is 11.3 Å². The third-order valence-electron chi connectivity index (χ3n) is 4.07. The minimum atomic E-state index is 0.174. The Balaban J connectivity index is 1.82. The van der Waals surface area contributed by atoms with Gasteiger partial charge in [0, 0.05) is 11.0 Å². The normalized spacial score (nSPS) is 35.9. The van der Waals surface area contributed by atoms with Crippen LogP contribution in [0.5, 0.6) is 0 Å². The molecule has 5 rings (SSSR count). The van der Waals surface area contributed by atoms with Crippen molar-refractivity contribution in [1.82, 2.24) is 4.98 Å². The van der Waals surface area contributed by atoms with Gasteiger partial charge in [-0.1, -0.05) is 6.07 Å². The Bertz CT molecular complexity index is 579. The molecule has 1 heterocycles. The molecule has 3 fully saturated rings. The van der Waals surface area contributed by atoms with Gasteiger partial charge < -0.3 is 5.73 Å². The van der Waals surface area contributed by atoms with Crippen molar-refractivity contribution in [3.8, 4) is 0 Å². The van der Waals surface area contributed by atoms with Gasteiger partial charge in [0.05, 0.1) is 10.2 Å². The number of hydrogen-bond donors (Lipinski definition) is 1. The van der Waals surface area contributed by atoms with E-state index < -0.39 is 0 Å². The molecule has 82 valence electrons. The van der Waals surface area contributed by atoms with Crippen LogP contribution in [0.15, 0.2) is 18.2 Å². The predicted octanol–water partition coefficient (Wildman–Crippen LogP) is 2.74. The number of aromatic nitrogens is 1. The fourth-order valence-electron chi connectivity index (χ4n) is 3.35. The SMILES string of the molecule is Cc1ccc2nc(C34CC(N)(C3)C4)sc2c1. The van der Waals surface area contributed by atoms with Crippen LogP contribution in [0.2, 0.25) is 0 Å². The Morgan fingerprint density at radius 2 is 2.06 bits per heavy atom. The largest absolute Gasteiger partial charge is 0.325 e. The number of nitrogens with zero attached hydrogens (tertiary/aromatic N) is 1. The van der Waals surface area contributed by atoms with E-state index in [2.05, 4.69) is 25.1 Å². The van der Waals surface area contributed by atoms with Gasteiger partial charge in [0.1, 0.15) is 5.01 Å². The first-order chi connectivity index (χ1) is 7.59. The summed E-state index contributed by atoms with van der Waals surface area (Å²) in [7, 11) is 0. The Morgan fingerprint density at radius 1 is 1.31 bits per heavy atom. The van der Waals surface area contributed by atoms with Crippen LogP contribution in [0.3, 0.4) is 0 Å². The van der Waals surface area contributed by atoms with Gasteiger partial charge in [0.15, 0.2) is 0 Å². The van der Waals surface area contributed by atoms with E-state index in [1.807, 2.05) is 11.3 Å². The Kier molecular flexibility index (Phi) is 1.42. The fraction of sp³-hybridized carbons (Fsp3) is 0.462. The molecular weight excluding hydrogens is 216 g/mol. The molecule has 0 amide bonds. The summed E-state index contributed by atoms with van der Waals surface area (Å²) in [5.74, 6) is 0. The summed E-state index contributed by atoms with van der Waals surface area (Å²) in [6.45, 7) is 2.13. The molecule has 3 aliphatic rings. The van der Waals surface area contributed by atoms with Gasteiger partial charge in [-0.25, -0.2) is 4.98 Å². The lowest BCUT2D eigenvalue weighted by atomic mass is 9.40. The van der Waals surface area contributed by atoms with E-state index in [9.17, 15) is 0 Å². The zero-order valence-electron chi connectivity index (χ0n) is 9.29. The van der Waals surface area contributed by atoms with Crippen molar-refractivity contribution in [3.05, 3.63) is 28.8 Å². The van der Waals surface area contributed by atoms with Gasteiger partial charge in [0.25, 0.3) is 0 Å². The lowest BCUT2D eigenvalue weighted by Gasteiger charge is -2.68. The van der Waals surface area contributed by atoms with Crippen molar-refractivity contribution in [2.24, 2.45) is 5.73 Å². The number of aryl methyl sites for hydroxylation is 1. The molecule has 2 N–H and O–H groups in total. The summed E-state index contributed by atoms with van der Waals surface area (Å²) in [5, 5.41) is 1.32. The van der Waals surface area contributed by atoms with Crippen LogP contribution in [-0.4, -0.2) is 10.5 Å². The van der Waals surface area contributed by atoms with E-state index >= 15 is 0 Å². The Labute approximate surface area is 98.5 Å². The molecule has 2 bridgehead atoms. The third-order valence-corrected chi connectivity index (χ3v) is 5.33. The second-order valence-electron chi connectivity index (χ2n) is 5.66. The van der Waals surface area contributed by atoms with Gasteiger partial charge >= 0.3 is 0 Å². The molecule has 16 heavy (non-hydrogen) atoms. The maximum atomic E-state index is 6.11. The number of fused-ring (bicyclic) bond motifs is 1. The van der Waals surface area contributed by atoms with Crippen molar-refractivity contribution in [2.75, 3.05) is 0 Å². The van der Waals surface area contributed by atoms with E-state index in [4.69, 9.17) is 10.7 Å². The van der Waals surface area contributed by atoms with Crippen LogP contribution in [0.25, 0.3) is 10.2 Å². The molecule has 3 heteroatoms. The first-order valence-corrected chi connectivity index (χ1v) is 6.57. The molecule has 0 saturated heterocycles. The minimum Gasteiger partial charge on any atom is -0.325 e. The quantitative estimate of drug-likeness (QED) is 0.818. The highest BCUT2D eigenvalue weighted by molar-refractivity contribution is 7.18. The van der Waals surface area contributed by atoms with Crippen molar-refractivity contribution in [1.29, 1.82) is 0 Å². The lowest BCUT2D eigenvalue weighted by molar-refractivity contribution is -0.0589. The molecule has 0 aliphatic heterocycles. The van der Waals surface area contributed by atoms with E-state index in [1.54, 1.807) is 0 Å². The first-order valence-electron chi connectivity index (χ1n) is 5.75. The van der Waals surface area contributed by atoms with Gasteiger partial charge in [-0.05, 0) is 43.9 Å². The summed E-state index contributed by atoms with van der Waals surface area (Å²) in [5.41, 5.74) is 9.12. The van der Waals surface area contributed by atoms with Crippen LogP contribution < -0.4 is 5.73 Å². The Morgan fingerprint density at radius 3 is 2.75 bits per heavy atom. The van der Waals surface area contributed by atoms with E-state index in [1.165, 1.54) is 15.3 Å². The number of rotatable bonds is 1. The highest BCUT2D eigenvalue weighted by Gasteiger charge is 2.67. The lowest BCUT2D eigenvalue weighted by Crippen LogP contribution is -2.74. The Hall–Kier alpha value is -0.930. The van der Waals surface area contributed by atoms with Gasteiger partial charge in [0.2, 0.25) is 0 Å². The van der Waals surface area contributed by atoms with Crippen LogP contribution in [0, 0.1) is 6.92 Å². The van der Waals surface area contributed by atoms with Crippen molar-refractivity contribution >= 4 is 21.6 Å². The molecule has 3 saturated carbocycles. The summed E-state index contributed by atoms with van der Waals surface area (Å²) in [6, 6.07) is 6.51. The number of hydrogen-bond acceptors (Lipinski definition) is 3. The smallest absolute Gasteiger partial charge is 0.100 e. The summed E-state index contributed by atoms with van der Waals surface area (Å²) in [6.07, 6.45) is 3.45. The van der Waals surface area contributed by atoms with Gasteiger partial charge in [-0.3, -0.25) is 0 Å². The van der Waals surface area contributed by atoms with Crippen molar-refractivity contribution in [3.63, 3.8) is 0 Å². The monoisotopic (exact) mass is 230 g/mol. The second-order valence-corrected chi connectivity index (χ2v) is 6.69. The topological polar surface area (TPSA) is 38.9 Å². The molecular formula is C13H14N2S. The fourth-order valence-corrected chi connectivity index (χ4v) is 4.60. The molecule has 2 aromatic rings. The number of thiazole rings is 1. The summed E-state index contributed by atoms with van der Waals surface area (Å²) >= 11 is 1.86. The van der Waals surface area contributed by atoms with Crippen LogP contribution in [-0.2, 0) is 5.41 Å². The molecule has 0 radical (unpaired) electrons. The maximum absolute atomic E-state index is 6.11. The van der Waals surface area contributed by atoms with Crippen LogP contribution in [0.4, 0.5) is 0 Å². The van der Waals surface area contributed by atoms with E-state index in [-0.39, 0.29) is 5.54 Å². The number of benzene rings is 1. The average Bonchev–Trinajstić information content (AvgIpc) is 2.53. The molecule has 3 aliphatic carbocycles. The maximum Gasteiger partial charge on any atom is 0.100 e. The molecule has 1 aromatic carbocycles. The predicted molar refractivity (Wildman–Crippen MR) is 66.8 cm³/mol. The number of nitrogens with two attached hydrogens (primary N) is 1. The molecule has 0 atom stereocenters. The summed E-state index contributed by atoms with van der Waals surface area (Å²) in [4.78, 5) is 4.78.